The second-order valence-electron chi connectivity index (χ2n) is 10.6. The van der Waals surface area contributed by atoms with Crippen molar-refractivity contribution in [3.63, 3.8) is 0 Å². The van der Waals surface area contributed by atoms with Crippen LogP contribution >= 0.6 is 11.6 Å². The van der Waals surface area contributed by atoms with Gasteiger partial charge in [0, 0.05) is 21.5 Å². The third-order valence-electron chi connectivity index (χ3n) is 8.03. The number of ether oxygens (including phenoxy) is 1. The summed E-state index contributed by atoms with van der Waals surface area (Å²) in [6.07, 6.45) is 4.05. The number of benzene rings is 3. The molecule has 0 bridgehead atoms. The Morgan fingerprint density at radius 2 is 1.57 bits per heavy atom. The topological polar surface area (TPSA) is 93.6 Å². The lowest BCUT2D eigenvalue weighted by Gasteiger charge is -2.17. The van der Waals surface area contributed by atoms with Crippen LogP contribution in [0.3, 0.4) is 0 Å². The van der Waals surface area contributed by atoms with Crippen molar-refractivity contribution in [3.05, 3.63) is 107 Å². The number of imide groups is 1. The maximum atomic E-state index is 13.5. The summed E-state index contributed by atoms with van der Waals surface area (Å²) in [7, 11) is 0. The zero-order valence-corrected chi connectivity index (χ0v) is 23.8. The van der Waals surface area contributed by atoms with Gasteiger partial charge in [-0.1, -0.05) is 72.3 Å². The Balaban J connectivity index is 1.34. The molecule has 1 aliphatic heterocycles. The van der Waals surface area contributed by atoms with Crippen LogP contribution in [0.2, 0.25) is 5.02 Å². The van der Waals surface area contributed by atoms with E-state index in [0.717, 1.165) is 0 Å². The van der Waals surface area contributed by atoms with E-state index in [1.807, 2.05) is 25.1 Å². The van der Waals surface area contributed by atoms with E-state index in [2.05, 4.69) is 0 Å². The van der Waals surface area contributed by atoms with Crippen molar-refractivity contribution in [3.8, 4) is 11.3 Å². The summed E-state index contributed by atoms with van der Waals surface area (Å²) in [5.74, 6) is -1.97. The largest absolute Gasteiger partial charge is 0.451 e. The highest BCUT2D eigenvalue weighted by molar-refractivity contribution is 6.32. The molecule has 1 fully saturated rings. The Morgan fingerprint density at radius 3 is 2.21 bits per heavy atom. The minimum absolute atomic E-state index is 0.180. The van der Waals surface area contributed by atoms with Gasteiger partial charge < -0.3 is 4.74 Å². The van der Waals surface area contributed by atoms with E-state index in [1.165, 1.54) is 4.90 Å². The van der Waals surface area contributed by atoms with Gasteiger partial charge >= 0.3 is 5.97 Å². The Labute approximate surface area is 247 Å². The smallest absolute Gasteiger partial charge is 0.339 e. The SMILES string of the molecule is Cc1c(Cl)ccc2c(C(=O)OC(C)C(=O)c3ccccc3)cc(-c3ccc(N4C(=O)C5CC=CCC5C4=O)cc3)nc12. The van der Waals surface area contributed by atoms with Crippen molar-refractivity contribution in [2.75, 3.05) is 4.90 Å². The zero-order valence-electron chi connectivity index (χ0n) is 23.0. The van der Waals surface area contributed by atoms with Gasteiger partial charge in [-0.15, -0.1) is 0 Å². The van der Waals surface area contributed by atoms with Crippen molar-refractivity contribution < 1.29 is 23.9 Å². The molecule has 3 atom stereocenters. The number of carbonyl (C=O) groups is 4. The monoisotopic (exact) mass is 578 g/mol. The van der Waals surface area contributed by atoms with Gasteiger partial charge in [0.1, 0.15) is 0 Å². The standard InChI is InChI=1S/C34H27ClN2O5/c1-19-28(35)17-16-24-27(34(41)42-20(2)31(38)22-8-4-3-5-9-22)18-29(36-30(19)24)21-12-14-23(15-13-21)37-32(39)25-10-6-7-11-26(25)33(37)40/h3-9,12-18,20,25-26H,10-11H2,1-2H3. The van der Waals surface area contributed by atoms with E-state index in [0.29, 0.717) is 56.8 Å². The van der Waals surface area contributed by atoms with Crippen LogP contribution in [-0.4, -0.2) is 34.7 Å². The number of nitrogens with zero attached hydrogens (tertiary/aromatic N) is 2. The summed E-state index contributed by atoms with van der Waals surface area (Å²) in [6.45, 7) is 3.37. The number of ketones is 1. The number of hydrogen-bond donors (Lipinski definition) is 0. The third kappa shape index (κ3) is 4.80. The van der Waals surface area contributed by atoms with Crippen LogP contribution < -0.4 is 4.90 Å². The maximum Gasteiger partial charge on any atom is 0.339 e. The number of anilines is 1. The highest BCUT2D eigenvalue weighted by atomic mass is 35.5. The fourth-order valence-corrected chi connectivity index (χ4v) is 5.82. The first-order valence-corrected chi connectivity index (χ1v) is 14.2. The number of fused-ring (bicyclic) bond motifs is 2. The molecule has 7 nitrogen and oxygen atoms in total. The van der Waals surface area contributed by atoms with Crippen LogP contribution in [0.5, 0.6) is 0 Å². The van der Waals surface area contributed by atoms with E-state index in [9.17, 15) is 19.2 Å². The van der Waals surface area contributed by atoms with Crippen LogP contribution in [0, 0.1) is 18.8 Å². The lowest BCUT2D eigenvalue weighted by atomic mass is 9.85. The summed E-state index contributed by atoms with van der Waals surface area (Å²) in [5, 5.41) is 1.04. The van der Waals surface area contributed by atoms with Crippen molar-refractivity contribution in [2.45, 2.75) is 32.8 Å². The van der Waals surface area contributed by atoms with Crippen LogP contribution in [-0.2, 0) is 14.3 Å². The molecule has 0 N–H and O–H groups in total. The van der Waals surface area contributed by atoms with Crippen molar-refractivity contribution in [1.29, 1.82) is 0 Å². The molecule has 2 amide bonds. The molecule has 0 radical (unpaired) electrons. The van der Waals surface area contributed by atoms with Gasteiger partial charge in [0.05, 0.1) is 34.3 Å². The number of esters is 1. The average molecular weight is 579 g/mol. The normalized spacial score (nSPS) is 18.7. The predicted octanol–water partition coefficient (Wildman–Crippen LogP) is 6.75. The summed E-state index contributed by atoms with van der Waals surface area (Å²) >= 11 is 6.41. The number of allylic oxidation sites excluding steroid dienone is 2. The lowest BCUT2D eigenvalue weighted by Crippen LogP contribution is -2.30. The van der Waals surface area contributed by atoms with E-state index in [-0.39, 0.29) is 35.0 Å². The predicted molar refractivity (Wildman–Crippen MR) is 160 cm³/mol. The summed E-state index contributed by atoms with van der Waals surface area (Å²) in [5.41, 5.74) is 3.56. The second-order valence-corrected chi connectivity index (χ2v) is 11.0. The number of hydrogen-bond acceptors (Lipinski definition) is 6. The van der Waals surface area contributed by atoms with Crippen LogP contribution in [0.15, 0.2) is 84.9 Å². The first kappa shape index (κ1) is 27.5. The van der Waals surface area contributed by atoms with Gasteiger partial charge in [-0.05, 0) is 56.5 Å². The molecule has 1 saturated heterocycles. The second kappa shape index (κ2) is 11.0. The van der Waals surface area contributed by atoms with Crippen LogP contribution in [0.25, 0.3) is 22.2 Å². The molecule has 2 heterocycles. The number of aryl methyl sites for hydroxylation is 1. The summed E-state index contributed by atoms with van der Waals surface area (Å²) in [4.78, 5) is 58.5. The molecule has 2 aliphatic rings. The first-order chi connectivity index (χ1) is 20.2. The summed E-state index contributed by atoms with van der Waals surface area (Å²) < 4.78 is 5.64. The third-order valence-corrected chi connectivity index (χ3v) is 8.44. The van der Waals surface area contributed by atoms with Gasteiger partial charge in [-0.2, -0.15) is 0 Å². The lowest BCUT2D eigenvalue weighted by molar-refractivity contribution is -0.122. The van der Waals surface area contributed by atoms with Gasteiger partial charge in [0.2, 0.25) is 17.6 Å². The molecule has 42 heavy (non-hydrogen) atoms. The number of aromatic nitrogens is 1. The number of rotatable bonds is 6. The number of Topliss-reactive ketones (excluding diaryl/α,β-unsaturated/α-hetero) is 1. The van der Waals surface area contributed by atoms with E-state index >= 15 is 0 Å². The van der Waals surface area contributed by atoms with Gasteiger partial charge in [0.25, 0.3) is 0 Å². The van der Waals surface area contributed by atoms with E-state index in [4.69, 9.17) is 21.3 Å². The van der Waals surface area contributed by atoms with Crippen LogP contribution in [0.1, 0.15) is 46.0 Å². The molecule has 0 spiro atoms. The molecule has 0 saturated carbocycles. The average Bonchev–Trinajstić information content (AvgIpc) is 3.27. The fourth-order valence-electron chi connectivity index (χ4n) is 5.67. The molecule has 3 aromatic carbocycles. The number of pyridine rings is 1. The molecule has 1 aliphatic carbocycles. The van der Waals surface area contributed by atoms with E-state index < -0.39 is 12.1 Å². The Kier molecular flexibility index (Phi) is 7.21. The van der Waals surface area contributed by atoms with Crippen LogP contribution in [0.4, 0.5) is 5.69 Å². The minimum atomic E-state index is -1.01. The molecule has 4 aromatic rings. The highest BCUT2D eigenvalue weighted by Gasteiger charge is 2.47. The highest BCUT2D eigenvalue weighted by Crippen LogP contribution is 2.38. The number of amides is 2. The number of carbonyl (C=O) groups excluding carboxylic acids is 4. The Morgan fingerprint density at radius 1 is 0.929 bits per heavy atom. The number of halogens is 1. The first-order valence-electron chi connectivity index (χ1n) is 13.8. The molecule has 6 rings (SSSR count). The molecular weight excluding hydrogens is 552 g/mol. The van der Waals surface area contributed by atoms with Crippen molar-refractivity contribution in [2.24, 2.45) is 11.8 Å². The van der Waals surface area contributed by atoms with Gasteiger partial charge in [-0.3, -0.25) is 19.3 Å². The van der Waals surface area contributed by atoms with E-state index in [1.54, 1.807) is 73.7 Å². The van der Waals surface area contributed by atoms with Crippen molar-refractivity contribution >= 4 is 51.8 Å². The molecule has 210 valence electrons. The molecule has 1 aromatic heterocycles. The van der Waals surface area contributed by atoms with Crippen molar-refractivity contribution in [1.82, 2.24) is 4.98 Å². The Bertz CT molecular complexity index is 1760. The van der Waals surface area contributed by atoms with Gasteiger partial charge in [0.15, 0.2) is 6.10 Å². The minimum Gasteiger partial charge on any atom is -0.451 e. The zero-order chi connectivity index (χ0) is 29.5. The fraction of sp³-hybridized carbons (Fsp3) is 0.206. The molecule has 3 unspecified atom stereocenters. The summed E-state index contributed by atoms with van der Waals surface area (Å²) in [6, 6.07) is 20.7. The quantitative estimate of drug-likeness (QED) is 0.109. The molecule has 8 heteroatoms. The van der Waals surface area contributed by atoms with Gasteiger partial charge in [-0.25, -0.2) is 9.78 Å². The maximum absolute atomic E-state index is 13.5. The Hall–Kier alpha value is -4.62. The molecular formula is C34H27ClN2O5.